The number of rotatable bonds is 3. The van der Waals surface area contributed by atoms with Crippen LogP contribution in [0.25, 0.3) is 0 Å². The summed E-state index contributed by atoms with van der Waals surface area (Å²) in [5.41, 5.74) is 1.01. The zero-order valence-corrected chi connectivity index (χ0v) is 9.81. The van der Waals surface area contributed by atoms with Gasteiger partial charge in [0.15, 0.2) is 0 Å². The standard InChI is InChI=1S/C10H10BrN3O/c1-14-7-12-5-8(14)6-15-10-4-2-3-9(11)13-10/h2-5,7H,6H2,1H3. The lowest BCUT2D eigenvalue weighted by molar-refractivity contribution is 0.285. The average Bonchev–Trinajstić information content (AvgIpc) is 2.61. The lowest BCUT2D eigenvalue weighted by Crippen LogP contribution is -2.02. The van der Waals surface area contributed by atoms with E-state index < -0.39 is 0 Å². The first-order valence-electron chi connectivity index (χ1n) is 4.46. The normalized spacial score (nSPS) is 10.3. The van der Waals surface area contributed by atoms with Crippen LogP contribution in [0.2, 0.25) is 0 Å². The first kappa shape index (κ1) is 10.2. The van der Waals surface area contributed by atoms with Gasteiger partial charge in [0, 0.05) is 13.1 Å². The highest BCUT2D eigenvalue weighted by Gasteiger charge is 2.00. The van der Waals surface area contributed by atoms with Crippen molar-refractivity contribution in [1.82, 2.24) is 14.5 Å². The third kappa shape index (κ3) is 2.56. The molecule has 78 valence electrons. The van der Waals surface area contributed by atoms with E-state index in [4.69, 9.17) is 4.74 Å². The molecular formula is C10H10BrN3O. The highest BCUT2D eigenvalue weighted by atomic mass is 79.9. The van der Waals surface area contributed by atoms with Gasteiger partial charge in [0.1, 0.15) is 11.2 Å². The number of hydrogen-bond donors (Lipinski definition) is 0. The second-order valence-electron chi connectivity index (χ2n) is 3.08. The van der Waals surface area contributed by atoms with Crippen molar-refractivity contribution in [3.8, 4) is 5.88 Å². The Bertz CT molecular complexity index is 455. The van der Waals surface area contributed by atoms with Crippen molar-refractivity contribution in [3.05, 3.63) is 41.0 Å². The fourth-order valence-electron chi connectivity index (χ4n) is 1.14. The molecule has 0 aromatic carbocycles. The molecule has 0 atom stereocenters. The molecule has 0 saturated heterocycles. The quantitative estimate of drug-likeness (QED) is 0.801. The van der Waals surface area contributed by atoms with E-state index in [9.17, 15) is 0 Å². The summed E-state index contributed by atoms with van der Waals surface area (Å²) in [6.07, 6.45) is 3.52. The van der Waals surface area contributed by atoms with Gasteiger partial charge in [-0.05, 0) is 22.0 Å². The Morgan fingerprint density at radius 1 is 1.47 bits per heavy atom. The van der Waals surface area contributed by atoms with Crippen LogP contribution in [-0.2, 0) is 13.7 Å². The summed E-state index contributed by atoms with van der Waals surface area (Å²) >= 11 is 3.29. The predicted molar refractivity (Wildman–Crippen MR) is 59.5 cm³/mol. The molecule has 0 radical (unpaired) electrons. The Hall–Kier alpha value is -1.36. The van der Waals surface area contributed by atoms with Crippen LogP contribution in [0.15, 0.2) is 35.3 Å². The molecule has 0 N–H and O–H groups in total. The molecule has 0 saturated carbocycles. The van der Waals surface area contributed by atoms with E-state index in [1.807, 2.05) is 29.8 Å². The molecule has 5 heteroatoms. The van der Waals surface area contributed by atoms with Gasteiger partial charge in [0.25, 0.3) is 0 Å². The summed E-state index contributed by atoms with van der Waals surface area (Å²) in [5, 5.41) is 0. The van der Waals surface area contributed by atoms with Crippen molar-refractivity contribution in [3.63, 3.8) is 0 Å². The predicted octanol–water partition coefficient (Wildman–Crippen LogP) is 2.16. The Morgan fingerprint density at radius 3 is 3.00 bits per heavy atom. The average molecular weight is 268 g/mol. The number of hydrogen-bond acceptors (Lipinski definition) is 3. The van der Waals surface area contributed by atoms with Gasteiger partial charge in [-0.3, -0.25) is 0 Å². The van der Waals surface area contributed by atoms with Gasteiger partial charge < -0.3 is 9.30 Å². The van der Waals surface area contributed by atoms with Crippen molar-refractivity contribution < 1.29 is 4.74 Å². The van der Waals surface area contributed by atoms with E-state index in [0.29, 0.717) is 12.5 Å². The molecule has 15 heavy (non-hydrogen) atoms. The molecule has 0 bridgehead atoms. The minimum Gasteiger partial charge on any atom is -0.471 e. The molecule has 0 amide bonds. The lowest BCUT2D eigenvalue weighted by Gasteiger charge is -2.05. The maximum absolute atomic E-state index is 5.51. The van der Waals surface area contributed by atoms with Crippen molar-refractivity contribution in [2.75, 3.05) is 0 Å². The largest absolute Gasteiger partial charge is 0.471 e. The second kappa shape index (κ2) is 4.44. The summed E-state index contributed by atoms with van der Waals surface area (Å²) in [4.78, 5) is 8.17. The molecule has 0 aliphatic carbocycles. The first-order valence-corrected chi connectivity index (χ1v) is 5.25. The number of pyridine rings is 1. The summed E-state index contributed by atoms with van der Waals surface area (Å²) in [5.74, 6) is 0.602. The Morgan fingerprint density at radius 2 is 2.33 bits per heavy atom. The first-order chi connectivity index (χ1) is 7.25. The number of imidazole rings is 1. The number of aryl methyl sites for hydroxylation is 1. The number of nitrogens with zero attached hydrogens (tertiary/aromatic N) is 3. The van der Waals surface area contributed by atoms with Gasteiger partial charge in [0.2, 0.25) is 5.88 Å². The fourth-order valence-corrected chi connectivity index (χ4v) is 1.47. The fraction of sp³-hybridized carbons (Fsp3) is 0.200. The maximum atomic E-state index is 5.51. The molecule has 2 rings (SSSR count). The highest BCUT2D eigenvalue weighted by molar-refractivity contribution is 9.10. The van der Waals surface area contributed by atoms with Gasteiger partial charge in [-0.1, -0.05) is 6.07 Å². The Kier molecular flexibility index (Phi) is 3.01. The van der Waals surface area contributed by atoms with Crippen LogP contribution >= 0.6 is 15.9 Å². The van der Waals surface area contributed by atoms with Gasteiger partial charge in [0.05, 0.1) is 18.2 Å². The topological polar surface area (TPSA) is 39.9 Å². The summed E-state index contributed by atoms with van der Waals surface area (Å²) < 4.78 is 8.19. The molecule has 4 nitrogen and oxygen atoms in total. The summed E-state index contributed by atoms with van der Waals surface area (Å²) in [6, 6.07) is 5.56. The van der Waals surface area contributed by atoms with Crippen LogP contribution < -0.4 is 4.74 Å². The molecule has 2 aromatic heterocycles. The molecule has 2 heterocycles. The van der Waals surface area contributed by atoms with Gasteiger partial charge in [-0.25, -0.2) is 9.97 Å². The molecule has 0 unspecified atom stereocenters. The Labute approximate surface area is 96.1 Å². The van der Waals surface area contributed by atoms with E-state index in [1.165, 1.54) is 0 Å². The molecule has 0 spiro atoms. The smallest absolute Gasteiger partial charge is 0.214 e. The number of aromatic nitrogens is 3. The van der Waals surface area contributed by atoms with E-state index in [-0.39, 0.29) is 0 Å². The van der Waals surface area contributed by atoms with Gasteiger partial charge in [-0.15, -0.1) is 0 Å². The van der Waals surface area contributed by atoms with E-state index in [0.717, 1.165) is 10.3 Å². The number of ether oxygens (including phenoxy) is 1. The monoisotopic (exact) mass is 267 g/mol. The Balaban J connectivity index is 2.02. The second-order valence-corrected chi connectivity index (χ2v) is 3.90. The SMILES string of the molecule is Cn1cncc1COc1cccc(Br)n1. The lowest BCUT2D eigenvalue weighted by atomic mass is 10.5. The summed E-state index contributed by atoms with van der Waals surface area (Å²) in [7, 11) is 1.93. The minimum absolute atomic E-state index is 0.472. The molecular weight excluding hydrogens is 258 g/mol. The molecule has 0 aliphatic rings. The summed E-state index contributed by atoms with van der Waals surface area (Å²) in [6.45, 7) is 0.472. The van der Waals surface area contributed by atoms with E-state index in [2.05, 4.69) is 25.9 Å². The highest BCUT2D eigenvalue weighted by Crippen LogP contribution is 2.13. The molecule has 2 aromatic rings. The minimum atomic E-state index is 0.472. The zero-order chi connectivity index (χ0) is 10.7. The van der Waals surface area contributed by atoms with E-state index in [1.54, 1.807) is 12.5 Å². The third-order valence-electron chi connectivity index (χ3n) is 1.97. The molecule has 0 fully saturated rings. The maximum Gasteiger partial charge on any atom is 0.214 e. The van der Waals surface area contributed by atoms with E-state index >= 15 is 0 Å². The van der Waals surface area contributed by atoms with Crippen LogP contribution in [0, 0.1) is 0 Å². The van der Waals surface area contributed by atoms with Gasteiger partial charge >= 0.3 is 0 Å². The molecule has 0 aliphatic heterocycles. The van der Waals surface area contributed by atoms with Crippen molar-refractivity contribution in [2.45, 2.75) is 6.61 Å². The zero-order valence-electron chi connectivity index (χ0n) is 8.22. The van der Waals surface area contributed by atoms with Crippen LogP contribution in [0.4, 0.5) is 0 Å². The van der Waals surface area contributed by atoms with Crippen molar-refractivity contribution in [1.29, 1.82) is 0 Å². The van der Waals surface area contributed by atoms with Crippen molar-refractivity contribution >= 4 is 15.9 Å². The van der Waals surface area contributed by atoms with Crippen LogP contribution in [0.1, 0.15) is 5.69 Å². The number of halogens is 1. The van der Waals surface area contributed by atoms with Crippen LogP contribution in [0.5, 0.6) is 5.88 Å². The van der Waals surface area contributed by atoms with Crippen molar-refractivity contribution in [2.24, 2.45) is 7.05 Å². The third-order valence-corrected chi connectivity index (χ3v) is 2.42. The van der Waals surface area contributed by atoms with Crippen LogP contribution in [-0.4, -0.2) is 14.5 Å². The van der Waals surface area contributed by atoms with Gasteiger partial charge in [-0.2, -0.15) is 0 Å². The van der Waals surface area contributed by atoms with Crippen LogP contribution in [0.3, 0.4) is 0 Å².